The lowest BCUT2D eigenvalue weighted by molar-refractivity contribution is 0.843. The number of thioether (sulfide) groups is 1. The van der Waals surface area contributed by atoms with E-state index in [0.717, 1.165) is 20.7 Å². The first-order valence-electron chi connectivity index (χ1n) is 3.84. The molecular weight excluding hydrogens is 160 g/mol. The number of rotatable bonds is 1. The minimum Gasteiger partial charge on any atom is -0.105 e. The molecule has 0 bridgehead atoms. The van der Waals surface area contributed by atoms with Gasteiger partial charge in [-0.05, 0) is 6.08 Å². The molecule has 0 aliphatic carbocycles. The summed E-state index contributed by atoms with van der Waals surface area (Å²) < 4.78 is 1.04. The summed E-state index contributed by atoms with van der Waals surface area (Å²) in [7, 11) is 0.753. The van der Waals surface area contributed by atoms with Crippen molar-refractivity contribution in [1.29, 1.82) is 0 Å². The molecule has 0 aromatic heterocycles. The molecule has 2 heterocycles. The smallest absolute Gasteiger partial charge is 0.105 e. The van der Waals surface area contributed by atoms with Gasteiger partial charge >= 0.3 is 0 Å². The quantitative estimate of drug-likeness (QED) is 0.432. The van der Waals surface area contributed by atoms with Crippen LogP contribution in [-0.2, 0) is 10.9 Å². The predicted octanol–water partition coefficient (Wildman–Crippen LogP) is 2.03. The zero-order valence-corrected chi connectivity index (χ0v) is 7.72. The molecule has 3 unspecified atom stereocenters. The Bertz CT molecular complexity index is 144. The Morgan fingerprint density at radius 1 is 1.60 bits per heavy atom. The zero-order valence-electron chi connectivity index (χ0n) is 6.08. The van der Waals surface area contributed by atoms with Crippen LogP contribution in [0.1, 0.15) is 12.8 Å². The first-order valence-corrected chi connectivity index (χ1v) is 6.41. The molecule has 2 aliphatic heterocycles. The van der Waals surface area contributed by atoms with E-state index in [0.29, 0.717) is 0 Å². The summed E-state index contributed by atoms with van der Waals surface area (Å²) in [6, 6.07) is 0. The first-order chi connectivity index (χ1) is 4.92. The maximum atomic E-state index is 3.87. The molecule has 56 valence electrons. The fourth-order valence-electron chi connectivity index (χ4n) is 1.61. The molecule has 2 rings (SSSR count). The van der Waals surface area contributed by atoms with E-state index in [-0.39, 0.29) is 0 Å². The second-order valence-corrected chi connectivity index (χ2v) is 6.97. The Labute approximate surface area is 69.8 Å². The van der Waals surface area contributed by atoms with E-state index >= 15 is 0 Å². The van der Waals surface area contributed by atoms with Crippen LogP contribution in [0, 0.1) is 0 Å². The molecule has 0 nitrogen and oxygen atoms in total. The summed E-state index contributed by atoms with van der Waals surface area (Å²) in [5, 5.41) is 0.901. The van der Waals surface area contributed by atoms with E-state index in [1.807, 2.05) is 0 Å². The van der Waals surface area contributed by atoms with Gasteiger partial charge < -0.3 is 0 Å². The lowest BCUT2D eigenvalue weighted by Crippen LogP contribution is -2.47. The van der Waals surface area contributed by atoms with Crippen LogP contribution in [0.25, 0.3) is 0 Å². The molecule has 0 N–H and O–H groups in total. The minimum atomic E-state index is 0.753. The van der Waals surface area contributed by atoms with E-state index in [9.17, 15) is 0 Å². The van der Waals surface area contributed by atoms with Gasteiger partial charge in [-0.25, -0.2) is 0 Å². The fourth-order valence-corrected chi connectivity index (χ4v) is 6.75. The van der Waals surface area contributed by atoms with Crippen LogP contribution < -0.4 is 0 Å². The van der Waals surface area contributed by atoms with Gasteiger partial charge in [0, 0.05) is 23.1 Å². The van der Waals surface area contributed by atoms with E-state index in [1.54, 1.807) is 0 Å². The van der Waals surface area contributed by atoms with Gasteiger partial charge in [0.1, 0.15) is 11.0 Å². The van der Waals surface area contributed by atoms with Crippen molar-refractivity contribution in [2.24, 2.45) is 0 Å². The molecule has 0 aromatic carbocycles. The summed E-state index contributed by atoms with van der Waals surface area (Å²) in [6.07, 6.45) is 5.05. The zero-order chi connectivity index (χ0) is 6.97. The van der Waals surface area contributed by atoms with Gasteiger partial charge in [-0.2, -0.15) is 0 Å². The second-order valence-electron chi connectivity index (χ2n) is 2.84. The van der Waals surface area contributed by atoms with Crippen LogP contribution >= 0.6 is 11.8 Å². The van der Waals surface area contributed by atoms with Crippen LogP contribution in [0.5, 0.6) is 0 Å². The Balaban J connectivity index is 1.94. The van der Waals surface area contributed by atoms with Gasteiger partial charge in [0.25, 0.3) is 0 Å². The fraction of sp³-hybridized carbons (Fsp3) is 0.750. The molecule has 0 saturated carbocycles. The minimum absolute atomic E-state index is 0.753. The van der Waals surface area contributed by atoms with Gasteiger partial charge in [-0.3, -0.25) is 0 Å². The first kappa shape index (κ1) is 7.11. The topological polar surface area (TPSA) is 0 Å². The molecule has 0 amide bonds. The SMILES string of the molecule is C=CC1CC2SCCC[S+]12. The van der Waals surface area contributed by atoms with Crippen LogP contribution in [-0.4, -0.2) is 21.3 Å². The molecule has 2 heteroatoms. The number of hydrogen-bond donors (Lipinski definition) is 0. The summed E-state index contributed by atoms with van der Waals surface area (Å²) in [5.74, 6) is 2.91. The van der Waals surface area contributed by atoms with Crippen LogP contribution in [0.15, 0.2) is 12.7 Å². The molecule has 0 aromatic rings. The maximum absolute atomic E-state index is 3.87. The summed E-state index contributed by atoms with van der Waals surface area (Å²) >= 11 is 2.20. The van der Waals surface area contributed by atoms with Gasteiger partial charge in [0.15, 0.2) is 4.58 Å². The average molecular weight is 173 g/mol. The van der Waals surface area contributed by atoms with E-state index < -0.39 is 0 Å². The monoisotopic (exact) mass is 173 g/mol. The third-order valence-corrected chi connectivity index (χ3v) is 7.27. The highest BCUT2D eigenvalue weighted by atomic mass is 32.2. The third kappa shape index (κ3) is 1.02. The highest BCUT2D eigenvalue weighted by molar-refractivity contribution is 8.17. The van der Waals surface area contributed by atoms with Gasteiger partial charge in [-0.1, -0.05) is 6.58 Å². The van der Waals surface area contributed by atoms with E-state index in [4.69, 9.17) is 0 Å². The standard InChI is InChI=1S/C8H13S2/c1-2-7-6-8-9-4-3-5-10(7)8/h2,7-8H,1,3-6H2/q+1. The van der Waals surface area contributed by atoms with Crippen molar-refractivity contribution in [3.63, 3.8) is 0 Å². The molecule has 0 spiro atoms. The summed E-state index contributed by atoms with van der Waals surface area (Å²) in [4.78, 5) is 0. The molecule has 10 heavy (non-hydrogen) atoms. The lowest BCUT2D eigenvalue weighted by atomic mass is 10.3. The third-order valence-electron chi connectivity index (χ3n) is 2.24. The van der Waals surface area contributed by atoms with Crippen LogP contribution in [0.4, 0.5) is 0 Å². The van der Waals surface area contributed by atoms with E-state index in [2.05, 4.69) is 24.4 Å². The molecule has 2 aliphatic rings. The van der Waals surface area contributed by atoms with Crippen molar-refractivity contribution in [1.82, 2.24) is 0 Å². The molecule has 2 fully saturated rings. The lowest BCUT2D eigenvalue weighted by Gasteiger charge is -2.36. The largest absolute Gasteiger partial charge is 0.169 e. The molecule has 3 atom stereocenters. The highest BCUT2D eigenvalue weighted by Crippen LogP contribution is 2.43. The van der Waals surface area contributed by atoms with Crippen molar-refractivity contribution in [3.8, 4) is 0 Å². The number of hydrogen-bond acceptors (Lipinski definition) is 1. The molecule has 2 saturated heterocycles. The summed E-state index contributed by atoms with van der Waals surface area (Å²) in [5.41, 5.74) is 0. The maximum Gasteiger partial charge on any atom is 0.169 e. The number of fused-ring (bicyclic) bond motifs is 1. The van der Waals surface area contributed by atoms with Crippen molar-refractivity contribution in [2.75, 3.05) is 11.5 Å². The normalized spacial score (nSPS) is 45.4. The van der Waals surface area contributed by atoms with Gasteiger partial charge in [-0.15, -0.1) is 11.8 Å². The predicted molar refractivity (Wildman–Crippen MR) is 51.7 cm³/mol. The Morgan fingerprint density at radius 3 is 3.20 bits per heavy atom. The Morgan fingerprint density at radius 2 is 2.50 bits per heavy atom. The van der Waals surface area contributed by atoms with Crippen molar-refractivity contribution in [2.45, 2.75) is 22.7 Å². The van der Waals surface area contributed by atoms with Crippen LogP contribution in [0.3, 0.4) is 0 Å². The van der Waals surface area contributed by atoms with Crippen molar-refractivity contribution in [3.05, 3.63) is 12.7 Å². The van der Waals surface area contributed by atoms with E-state index in [1.165, 1.54) is 24.3 Å². The van der Waals surface area contributed by atoms with Gasteiger partial charge in [0.2, 0.25) is 0 Å². The van der Waals surface area contributed by atoms with Gasteiger partial charge in [0.05, 0.1) is 6.42 Å². The highest BCUT2D eigenvalue weighted by Gasteiger charge is 2.50. The molecular formula is C8H13S2+. The van der Waals surface area contributed by atoms with Crippen molar-refractivity contribution >= 4 is 22.7 Å². The second kappa shape index (κ2) is 2.82. The Hall–Kier alpha value is 0.440. The summed E-state index contributed by atoms with van der Waals surface area (Å²) in [6.45, 7) is 3.87. The van der Waals surface area contributed by atoms with Crippen LogP contribution in [0.2, 0.25) is 0 Å². The average Bonchev–Trinajstić information content (AvgIpc) is 1.92. The Kier molecular flexibility index (Phi) is 2.01. The van der Waals surface area contributed by atoms with Crippen molar-refractivity contribution < 1.29 is 0 Å². The molecule has 0 radical (unpaired) electrons.